The second-order valence-corrected chi connectivity index (χ2v) is 4.45. The van der Waals surface area contributed by atoms with Crippen LogP contribution in [-0.2, 0) is 15.0 Å². The molecular formula is C5H12N2O4S. The van der Waals surface area contributed by atoms with Gasteiger partial charge in [-0.05, 0) is 13.8 Å². The number of hydrogen-bond acceptors (Lipinski definition) is 3. The lowest BCUT2D eigenvalue weighted by atomic mass is 10.1. The molecule has 0 aromatic rings. The van der Waals surface area contributed by atoms with Gasteiger partial charge in [0, 0.05) is 7.05 Å². The molecule has 0 bridgehead atoms. The lowest BCUT2D eigenvalue weighted by Crippen LogP contribution is -2.52. The Labute approximate surface area is 71.2 Å². The molecule has 0 atom stereocenters. The molecule has 7 heteroatoms. The number of nitrogens with two attached hydrogens (primary N) is 1. The highest BCUT2D eigenvalue weighted by atomic mass is 32.2. The molecule has 0 radical (unpaired) electrons. The van der Waals surface area contributed by atoms with Gasteiger partial charge in [-0.15, -0.1) is 0 Å². The third-order valence-electron chi connectivity index (χ3n) is 1.69. The van der Waals surface area contributed by atoms with Crippen molar-refractivity contribution >= 4 is 16.2 Å². The highest BCUT2D eigenvalue weighted by molar-refractivity contribution is 7.86. The van der Waals surface area contributed by atoms with Gasteiger partial charge in [-0.25, -0.2) is 5.14 Å². The lowest BCUT2D eigenvalue weighted by molar-refractivity contribution is -0.145. The van der Waals surface area contributed by atoms with Gasteiger partial charge in [0.1, 0.15) is 5.54 Å². The minimum Gasteiger partial charge on any atom is -0.480 e. The van der Waals surface area contributed by atoms with Gasteiger partial charge < -0.3 is 5.11 Å². The fraction of sp³-hybridized carbons (Fsp3) is 0.800. The Hall–Kier alpha value is -0.660. The molecule has 0 heterocycles. The first-order chi connectivity index (χ1) is 5.10. The van der Waals surface area contributed by atoms with Crippen LogP contribution < -0.4 is 5.14 Å². The summed E-state index contributed by atoms with van der Waals surface area (Å²) in [6.07, 6.45) is 0. The Bertz CT molecular complexity index is 282. The van der Waals surface area contributed by atoms with Crippen molar-refractivity contribution in [1.29, 1.82) is 0 Å². The maximum Gasteiger partial charge on any atom is 0.324 e. The van der Waals surface area contributed by atoms with Crippen molar-refractivity contribution in [3.8, 4) is 0 Å². The number of rotatable bonds is 3. The van der Waals surface area contributed by atoms with E-state index in [4.69, 9.17) is 10.2 Å². The highest BCUT2D eigenvalue weighted by Gasteiger charge is 2.37. The predicted molar refractivity (Wildman–Crippen MR) is 42.6 cm³/mol. The van der Waals surface area contributed by atoms with Crippen LogP contribution in [0.5, 0.6) is 0 Å². The molecule has 0 aliphatic rings. The van der Waals surface area contributed by atoms with Crippen LogP contribution in [0.2, 0.25) is 0 Å². The second kappa shape index (κ2) is 3.00. The highest BCUT2D eigenvalue weighted by Crippen LogP contribution is 2.13. The van der Waals surface area contributed by atoms with E-state index in [0.29, 0.717) is 4.31 Å². The van der Waals surface area contributed by atoms with E-state index in [1.54, 1.807) is 0 Å². The van der Waals surface area contributed by atoms with Crippen molar-refractivity contribution in [3.63, 3.8) is 0 Å². The normalized spacial score (nSPS) is 13.4. The molecule has 0 fully saturated rings. The third-order valence-corrected chi connectivity index (χ3v) is 2.91. The average Bonchev–Trinajstić information content (AvgIpc) is 1.83. The van der Waals surface area contributed by atoms with Crippen LogP contribution in [0.1, 0.15) is 13.8 Å². The van der Waals surface area contributed by atoms with Gasteiger partial charge in [-0.1, -0.05) is 0 Å². The summed E-state index contributed by atoms with van der Waals surface area (Å²) >= 11 is 0. The van der Waals surface area contributed by atoms with Gasteiger partial charge in [0.25, 0.3) is 10.2 Å². The number of carboxylic acids is 1. The number of carbonyl (C=O) groups is 1. The lowest BCUT2D eigenvalue weighted by Gasteiger charge is -2.28. The van der Waals surface area contributed by atoms with Crippen molar-refractivity contribution in [2.45, 2.75) is 19.4 Å². The average molecular weight is 196 g/mol. The molecule has 0 aliphatic heterocycles. The van der Waals surface area contributed by atoms with Crippen molar-refractivity contribution in [3.05, 3.63) is 0 Å². The Balaban J connectivity index is 4.95. The molecule has 0 saturated carbocycles. The van der Waals surface area contributed by atoms with E-state index in [-0.39, 0.29) is 0 Å². The largest absolute Gasteiger partial charge is 0.480 e. The first-order valence-electron chi connectivity index (χ1n) is 3.10. The van der Waals surface area contributed by atoms with E-state index in [0.717, 1.165) is 7.05 Å². The van der Waals surface area contributed by atoms with Crippen LogP contribution in [0, 0.1) is 0 Å². The summed E-state index contributed by atoms with van der Waals surface area (Å²) < 4.78 is 22.0. The van der Waals surface area contributed by atoms with E-state index in [1.165, 1.54) is 13.8 Å². The maximum atomic E-state index is 10.7. The van der Waals surface area contributed by atoms with E-state index in [9.17, 15) is 13.2 Å². The van der Waals surface area contributed by atoms with Crippen LogP contribution in [0.4, 0.5) is 0 Å². The van der Waals surface area contributed by atoms with E-state index in [2.05, 4.69) is 0 Å². The second-order valence-electron chi connectivity index (χ2n) is 2.88. The minimum atomic E-state index is -3.95. The summed E-state index contributed by atoms with van der Waals surface area (Å²) in [5.41, 5.74) is -1.52. The number of likely N-dealkylation sites (N-methyl/N-ethyl adjacent to an activating group) is 1. The van der Waals surface area contributed by atoms with Crippen molar-refractivity contribution < 1.29 is 18.3 Å². The molecule has 72 valence electrons. The molecule has 0 aliphatic carbocycles. The fourth-order valence-corrected chi connectivity index (χ4v) is 1.17. The van der Waals surface area contributed by atoms with Gasteiger partial charge in [0.05, 0.1) is 0 Å². The summed E-state index contributed by atoms with van der Waals surface area (Å²) in [7, 11) is -2.84. The molecule has 0 saturated heterocycles. The summed E-state index contributed by atoms with van der Waals surface area (Å²) in [5, 5.41) is 13.4. The Kier molecular flexibility index (Phi) is 2.83. The summed E-state index contributed by atoms with van der Waals surface area (Å²) in [6.45, 7) is 2.50. The Morgan fingerprint density at radius 2 is 1.83 bits per heavy atom. The van der Waals surface area contributed by atoms with Crippen molar-refractivity contribution in [2.75, 3.05) is 7.05 Å². The molecule has 0 aromatic heterocycles. The monoisotopic (exact) mass is 196 g/mol. The topological polar surface area (TPSA) is 101 Å². The molecule has 12 heavy (non-hydrogen) atoms. The molecule has 0 aromatic carbocycles. The molecule has 3 N–H and O–H groups in total. The smallest absolute Gasteiger partial charge is 0.324 e. The molecule has 0 amide bonds. The summed E-state index contributed by atoms with van der Waals surface area (Å²) in [4.78, 5) is 10.5. The van der Waals surface area contributed by atoms with E-state index >= 15 is 0 Å². The van der Waals surface area contributed by atoms with Crippen LogP contribution in [0.25, 0.3) is 0 Å². The number of aliphatic carboxylic acids is 1. The fourth-order valence-electron chi connectivity index (χ4n) is 0.453. The first-order valence-corrected chi connectivity index (χ1v) is 4.60. The van der Waals surface area contributed by atoms with Crippen LogP contribution >= 0.6 is 0 Å². The number of hydrogen-bond donors (Lipinski definition) is 2. The zero-order valence-corrected chi connectivity index (χ0v) is 7.92. The molecule has 0 rings (SSSR count). The van der Waals surface area contributed by atoms with Gasteiger partial charge in [-0.3, -0.25) is 4.79 Å². The van der Waals surface area contributed by atoms with E-state index < -0.39 is 21.7 Å². The SMILES string of the molecule is CN(C(C)(C)C(=O)O)S(N)(=O)=O. The van der Waals surface area contributed by atoms with Crippen LogP contribution in [-0.4, -0.2) is 36.4 Å². The minimum absolute atomic E-state index is 0.600. The first kappa shape index (κ1) is 11.3. The van der Waals surface area contributed by atoms with Crippen LogP contribution in [0.15, 0.2) is 0 Å². The van der Waals surface area contributed by atoms with Crippen molar-refractivity contribution in [2.24, 2.45) is 5.14 Å². The van der Waals surface area contributed by atoms with Crippen molar-refractivity contribution in [1.82, 2.24) is 4.31 Å². The van der Waals surface area contributed by atoms with Gasteiger partial charge in [-0.2, -0.15) is 12.7 Å². The molecule has 0 unspecified atom stereocenters. The zero-order valence-electron chi connectivity index (χ0n) is 7.10. The molecule has 0 spiro atoms. The van der Waals surface area contributed by atoms with Gasteiger partial charge in [0.2, 0.25) is 0 Å². The summed E-state index contributed by atoms with van der Waals surface area (Å²) in [5.74, 6) is -1.25. The van der Waals surface area contributed by atoms with Gasteiger partial charge in [0.15, 0.2) is 0 Å². The van der Waals surface area contributed by atoms with E-state index in [1.807, 2.05) is 0 Å². The Morgan fingerprint density at radius 1 is 1.50 bits per heavy atom. The standard InChI is InChI=1S/C5H12N2O4S/c1-5(2,4(8)9)7(3)12(6,10)11/h1-3H3,(H,8,9)(H2,6,10,11). The van der Waals surface area contributed by atoms with Crippen LogP contribution in [0.3, 0.4) is 0 Å². The number of nitrogens with zero attached hydrogens (tertiary/aromatic N) is 1. The number of carboxylic acid groups (broad SMARTS) is 1. The van der Waals surface area contributed by atoms with Gasteiger partial charge >= 0.3 is 5.97 Å². The maximum absolute atomic E-state index is 10.7. The zero-order chi connectivity index (χ0) is 10.2. The Morgan fingerprint density at radius 3 is 1.92 bits per heavy atom. The predicted octanol–water partition coefficient (Wildman–Crippen LogP) is -1.02. The summed E-state index contributed by atoms with van der Waals surface area (Å²) in [6, 6.07) is 0. The molecule has 6 nitrogen and oxygen atoms in total. The third kappa shape index (κ3) is 2.16. The quantitative estimate of drug-likeness (QED) is 0.603. The molecular weight excluding hydrogens is 184 g/mol.